The van der Waals surface area contributed by atoms with Gasteiger partial charge in [0.05, 0.1) is 17.8 Å². The van der Waals surface area contributed by atoms with Crippen molar-refractivity contribution in [2.45, 2.75) is 20.4 Å². The fourth-order valence-electron chi connectivity index (χ4n) is 2.95. The number of esters is 1. The van der Waals surface area contributed by atoms with Gasteiger partial charge in [-0.1, -0.05) is 28.9 Å². The molecule has 142 valence electrons. The lowest BCUT2D eigenvalue weighted by Crippen LogP contribution is -2.12. The first-order valence-corrected chi connectivity index (χ1v) is 8.88. The second-order valence-electron chi connectivity index (χ2n) is 5.69. The number of carbonyl (C=O) groups is 1. The van der Waals surface area contributed by atoms with Crippen LogP contribution in [0.2, 0.25) is 5.02 Å². The number of oxime groups is 1. The average Bonchev–Trinajstić information content (AvgIpc) is 3.07. The fraction of sp³-hybridized carbons (Fsp3) is 0.211. The lowest BCUT2D eigenvalue weighted by atomic mass is 10.1. The van der Waals surface area contributed by atoms with Crippen molar-refractivity contribution in [1.82, 2.24) is 14.5 Å². The van der Waals surface area contributed by atoms with Gasteiger partial charge >= 0.3 is 5.97 Å². The van der Waals surface area contributed by atoms with Gasteiger partial charge in [0.1, 0.15) is 17.1 Å². The molecule has 0 aliphatic rings. The minimum Gasteiger partial charge on any atom is -0.462 e. The number of imidazole rings is 1. The van der Waals surface area contributed by atoms with Crippen LogP contribution in [0.3, 0.4) is 0 Å². The number of carbonyl (C=O) groups excluding carboxylic acids is 1. The van der Waals surface area contributed by atoms with Crippen molar-refractivity contribution < 1.29 is 14.7 Å². The molecule has 1 aromatic carbocycles. The van der Waals surface area contributed by atoms with Crippen molar-refractivity contribution in [1.29, 1.82) is 5.26 Å². The summed E-state index contributed by atoms with van der Waals surface area (Å²) in [4.78, 5) is 21.3. The van der Waals surface area contributed by atoms with E-state index in [-0.39, 0.29) is 23.7 Å². The number of fused-ring (bicyclic) bond motifs is 1. The van der Waals surface area contributed by atoms with Crippen LogP contribution in [0.25, 0.3) is 22.3 Å². The molecule has 0 amide bonds. The molecule has 0 saturated carbocycles. The lowest BCUT2D eigenvalue weighted by Gasteiger charge is -2.10. The summed E-state index contributed by atoms with van der Waals surface area (Å²) in [6, 6.07) is 8.85. The minimum atomic E-state index is -0.557. The molecule has 1 N–H and O–H groups in total. The van der Waals surface area contributed by atoms with E-state index in [1.165, 1.54) is 6.20 Å². The number of rotatable bonds is 5. The quantitative estimate of drug-likeness (QED) is 0.304. The monoisotopic (exact) mass is 397 g/mol. The maximum atomic E-state index is 12.5. The van der Waals surface area contributed by atoms with Crippen molar-refractivity contribution in [3.63, 3.8) is 0 Å². The number of halogens is 1. The molecule has 0 bridgehead atoms. The average molecular weight is 398 g/mol. The first kappa shape index (κ1) is 19.3. The second kappa shape index (κ2) is 8.06. The smallest absolute Gasteiger partial charge is 0.341 e. The van der Waals surface area contributed by atoms with Crippen LogP contribution in [0, 0.1) is 11.3 Å². The fourth-order valence-corrected chi connectivity index (χ4v) is 3.14. The largest absolute Gasteiger partial charge is 0.462 e. The molecule has 2 heterocycles. The van der Waals surface area contributed by atoms with Gasteiger partial charge in [-0.2, -0.15) is 5.26 Å². The number of aromatic nitrogens is 3. The van der Waals surface area contributed by atoms with Crippen LogP contribution in [-0.2, 0) is 11.3 Å². The molecule has 0 fully saturated rings. The van der Waals surface area contributed by atoms with E-state index in [4.69, 9.17) is 16.3 Å². The van der Waals surface area contributed by atoms with Crippen molar-refractivity contribution in [2.75, 3.05) is 6.61 Å². The third-order valence-electron chi connectivity index (χ3n) is 4.10. The van der Waals surface area contributed by atoms with Crippen LogP contribution in [0.15, 0.2) is 35.6 Å². The molecular weight excluding hydrogens is 382 g/mol. The van der Waals surface area contributed by atoms with Gasteiger partial charge in [-0.15, -0.1) is 0 Å². The number of aryl methyl sites for hydroxylation is 1. The Bertz CT molecular complexity index is 1130. The predicted molar refractivity (Wildman–Crippen MR) is 104 cm³/mol. The molecule has 2 aromatic heterocycles. The molecule has 0 saturated heterocycles. The molecule has 0 unspecified atom stereocenters. The van der Waals surface area contributed by atoms with Crippen LogP contribution in [0.5, 0.6) is 0 Å². The van der Waals surface area contributed by atoms with Crippen molar-refractivity contribution in [3.8, 4) is 17.3 Å². The Hall–Kier alpha value is -3.44. The zero-order chi connectivity index (χ0) is 20.3. The van der Waals surface area contributed by atoms with Crippen molar-refractivity contribution in [3.05, 3.63) is 46.9 Å². The van der Waals surface area contributed by atoms with Gasteiger partial charge in [0.25, 0.3) is 0 Å². The van der Waals surface area contributed by atoms with E-state index < -0.39 is 5.97 Å². The summed E-state index contributed by atoms with van der Waals surface area (Å²) in [5.74, 6) is -0.428. The van der Waals surface area contributed by atoms with Gasteiger partial charge < -0.3 is 14.5 Å². The Morgan fingerprint density at radius 2 is 2.21 bits per heavy atom. The van der Waals surface area contributed by atoms with Gasteiger partial charge in [-0.3, -0.25) is 4.98 Å². The Morgan fingerprint density at radius 1 is 1.43 bits per heavy atom. The van der Waals surface area contributed by atoms with E-state index in [1.807, 2.05) is 13.0 Å². The molecule has 0 radical (unpaired) electrons. The molecule has 0 atom stereocenters. The van der Waals surface area contributed by atoms with Gasteiger partial charge in [-0.05, 0) is 26.0 Å². The summed E-state index contributed by atoms with van der Waals surface area (Å²) >= 11 is 6.11. The second-order valence-corrected chi connectivity index (χ2v) is 6.13. The Morgan fingerprint density at radius 3 is 2.82 bits per heavy atom. The molecule has 28 heavy (non-hydrogen) atoms. The highest BCUT2D eigenvalue weighted by Crippen LogP contribution is 2.31. The zero-order valence-electron chi connectivity index (χ0n) is 15.2. The Labute approximate surface area is 165 Å². The molecule has 3 rings (SSSR count). The topological polar surface area (TPSA) is 113 Å². The number of hydrogen-bond donors (Lipinski definition) is 1. The number of benzene rings is 1. The van der Waals surface area contributed by atoms with Crippen molar-refractivity contribution >= 4 is 34.3 Å². The zero-order valence-corrected chi connectivity index (χ0v) is 15.9. The van der Waals surface area contributed by atoms with Gasteiger partial charge in [-0.25, -0.2) is 9.78 Å². The molecule has 0 aliphatic carbocycles. The van der Waals surface area contributed by atoms with Gasteiger partial charge in [0.15, 0.2) is 5.82 Å². The highest BCUT2D eigenvalue weighted by molar-refractivity contribution is 6.30. The van der Waals surface area contributed by atoms with Crippen LogP contribution >= 0.6 is 11.6 Å². The van der Waals surface area contributed by atoms with Crippen LogP contribution in [0.1, 0.15) is 30.0 Å². The lowest BCUT2D eigenvalue weighted by molar-refractivity contribution is 0.0528. The van der Waals surface area contributed by atoms with Crippen LogP contribution in [0.4, 0.5) is 0 Å². The summed E-state index contributed by atoms with van der Waals surface area (Å²) in [7, 11) is 0. The maximum absolute atomic E-state index is 12.5. The first-order chi connectivity index (χ1) is 13.5. The molecule has 9 heteroatoms. The summed E-state index contributed by atoms with van der Waals surface area (Å²) in [5.41, 5.74) is 1.93. The van der Waals surface area contributed by atoms with E-state index in [9.17, 15) is 15.3 Å². The summed E-state index contributed by atoms with van der Waals surface area (Å²) < 4.78 is 6.76. The van der Waals surface area contributed by atoms with E-state index >= 15 is 0 Å². The number of nitrogens with zero attached hydrogens (tertiary/aromatic N) is 5. The molecule has 0 aliphatic heterocycles. The molecule has 8 nitrogen and oxygen atoms in total. The minimum absolute atomic E-state index is 0.129. The summed E-state index contributed by atoms with van der Waals surface area (Å²) in [6.45, 7) is 4.10. The number of ether oxygens (including phenoxy) is 1. The normalized spacial score (nSPS) is 11.4. The van der Waals surface area contributed by atoms with Crippen LogP contribution in [-0.4, -0.2) is 38.0 Å². The molecule has 0 spiro atoms. The standard InChI is InChI=1S/C19H16ClN5O3/c1-3-25-17-13(19(26)28-4-2)10-22-15(11-6-5-7-12(20)8-11)16(17)23-18(25)14(9-21)24-27/h5-8,10,27H,3-4H2,1-2H3. The van der Waals surface area contributed by atoms with E-state index in [0.29, 0.717) is 33.9 Å². The number of pyridine rings is 1. The highest BCUT2D eigenvalue weighted by Gasteiger charge is 2.25. The number of hydrogen-bond acceptors (Lipinski definition) is 7. The van der Waals surface area contributed by atoms with E-state index in [1.54, 1.807) is 35.8 Å². The molecule has 3 aromatic rings. The SMILES string of the molecule is CCOC(=O)c1cnc(-c2cccc(Cl)c2)c2nc(C(C#N)=NO)n(CC)c12. The Balaban J connectivity index is 2.41. The van der Waals surface area contributed by atoms with Gasteiger partial charge in [0, 0.05) is 23.3 Å². The van der Waals surface area contributed by atoms with Crippen LogP contribution < -0.4 is 0 Å². The Kier molecular flexibility index (Phi) is 5.57. The van der Waals surface area contributed by atoms with Crippen molar-refractivity contribution in [2.24, 2.45) is 5.16 Å². The predicted octanol–water partition coefficient (Wildman–Crippen LogP) is 3.65. The van der Waals surface area contributed by atoms with E-state index in [0.717, 1.165) is 0 Å². The van der Waals surface area contributed by atoms with Gasteiger partial charge in [0.2, 0.25) is 5.71 Å². The maximum Gasteiger partial charge on any atom is 0.341 e. The summed E-state index contributed by atoms with van der Waals surface area (Å²) in [5, 5.41) is 22.0. The highest BCUT2D eigenvalue weighted by atomic mass is 35.5. The summed E-state index contributed by atoms with van der Waals surface area (Å²) in [6.07, 6.45) is 1.41. The first-order valence-electron chi connectivity index (χ1n) is 8.50. The molecular formula is C19H16ClN5O3. The third-order valence-corrected chi connectivity index (χ3v) is 4.33. The van der Waals surface area contributed by atoms with E-state index in [2.05, 4.69) is 15.1 Å². The number of nitriles is 1. The third kappa shape index (κ3) is 3.28.